The number of nitrogens with zero attached hydrogens (tertiary/aromatic N) is 2. The van der Waals surface area contributed by atoms with Crippen LogP contribution in [0.25, 0.3) is 11.4 Å². The number of aromatic nitrogens is 2. The molecule has 0 fully saturated rings. The van der Waals surface area contributed by atoms with E-state index in [4.69, 9.17) is 9.52 Å². The third-order valence-corrected chi connectivity index (χ3v) is 2.22. The predicted molar refractivity (Wildman–Crippen MR) is 53.4 cm³/mol. The maximum Gasteiger partial charge on any atom is 0.181 e. The number of oxazole rings is 1. The average molecular weight is 255 g/mol. The van der Waals surface area contributed by atoms with E-state index in [0.717, 1.165) is 4.47 Å². The van der Waals surface area contributed by atoms with Gasteiger partial charge in [-0.25, -0.2) is 4.98 Å². The molecule has 2 heterocycles. The molecule has 0 bridgehead atoms. The number of rotatable bonds is 2. The molecule has 2 rings (SSSR count). The summed E-state index contributed by atoms with van der Waals surface area (Å²) in [5, 5.41) is 8.95. The van der Waals surface area contributed by atoms with Crippen molar-refractivity contribution in [2.75, 3.05) is 0 Å². The number of aliphatic hydroxyl groups is 1. The molecule has 0 aliphatic heterocycles. The van der Waals surface area contributed by atoms with Crippen molar-refractivity contribution in [3.8, 4) is 11.4 Å². The molecule has 0 aromatic carbocycles. The Morgan fingerprint density at radius 3 is 2.86 bits per heavy atom. The quantitative estimate of drug-likeness (QED) is 0.891. The first kappa shape index (κ1) is 9.36. The first-order chi connectivity index (χ1) is 6.81. The van der Waals surface area contributed by atoms with Crippen LogP contribution in [0.2, 0.25) is 0 Å². The monoisotopic (exact) mass is 254 g/mol. The van der Waals surface area contributed by atoms with Crippen molar-refractivity contribution in [1.82, 2.24) is 9.97 Å². The Bertz CT molecular complexity index is 425. The fourth-order valence-electron chi connectivity index (χ4n) is 1.11. The van der Waals surface area contributed by atoms with Crippen molar-refractivity contribution in [2.45, 2.75) is 6.61 Å². The van der Waals surface area contributed by atoms with Crippen molar-refractivity contribution in [1.29, 1.82) is 0 Å². The van der Waals surface area contributed by atoms with Crippen molar-refractivity contribution < 1.29 is 9.52 Å². The molecule has 0 atom stereocenters. The van der Waals surface area contributed by atoms with Gasteiger partial charge in [-0.15, -0.1) is 0 Å². The van der Waals surface area contributed by atoms with E-state index >= 15 is 0 Å². The van der Waals surface area contributed by atoms with Gasteiger partial charge in [0.1, 0.15) is 12.3 Å². The second kappa shape index (κ2) is 3.89. The first-order valence-electron chi connectivity index (χ1n) is 3.96. The van der Waals surface area contributed by atoms with Crippen LogP contribution in [-0.4, -0.2) is 15.1 Å². The van der Waals surface area contributed by atoms with E-state index in [1.165, 1.54) is 6.39 Å². The molecular weight excluding hydrogens is 248 g/mol. The highest BCUT2D eigenvalue weighted by Gasteiger charge is 2.10. The highest BCUT2D eigenvalue weighted by Crippen LogP contribution is 2.21. The second-order valence-corrected chi connectivity index (χ2v) is 3.56. The molecule has 5 heteroatoms. The lowest BCUT2D eigenvalue weighted by atomic mass is 10.2. The van der Waals surface area contributed by atoms with E-state index in [0.29, 0.717) is 17.1 Å². The fourth-order valence-corrected chi connectivity index (χ4v) is 1.34. The van der Waals surface area contributed by atoms with Crippen molar-refractivity contribution >= 4 is 15.9 Å². The van der Waals surface area contributed by atoms with Crippen molar-refractivity contribution in [2.24, 2.45) is 0 Å². The van der Waals surface area contributed by atoms with Crippen molar-refractivity contribution in [3.05, 3.63) is 35.0 Å². The molecular formula is C9H7BrN2O2. The van der Waals surface area contributed by atoms with Crippen LogP contribution in [0, 0.1) is 0 Å². The third-order valence-electron chi connectivity index (χ3n) is 1.75. The molecule has 0 aliphatic carbocycles. The minimum absolute atomic E-state index is 0.174. The van der Waals surface area contributed by atoms with E-state index in [-0.39, 0.29) is 6.61 Å². The van der Waals surface area contributed by atoms with Gasteiger partial charge in [-0.1, -0.05) is 0 Å². The van der Waals surface area contributed by atoms with E-state index in [1.54, 1.807) is 12.3 Å². The summed E-state index contributed by atoms with van der Waals surface area (Å²) in [6.07, 6.45) is 2.97. The largest absolute Gasteiger partial charge is 0.445 e. The number of hydrogen-bond donors (Lipinski definition) is 1. The van der Waals surface area contributed by atoms with Crippen molar-refractivity contribution in [3.63, 3.8) is 0 Å². The molecule has 0 aliphatic rings. The molecule has 0 amide bonds. The van der Waals surface area contributed by atoms with Gasteiger partial charge in [-0.05, 0) is 28.1 Å². The number of pyridine rings is 1. The number of hydrogen-bond acceptors (Lipinski definition) is 4. The van der Waals surface area contributed by atoms with Gasteiger partial charge in [-0.3, -0.25) is 4.98 Å². The van der Waals surface area contributed by atoms with Gasteiger partial charge in [0.25, 0.3) is 0 Å². The highest BCUT2D eigenvalue weighted by atomic mass is 79.9. The van der Waals surface area contributed by atoms with E-state index in [1.807, 2.05) is 6.07 Å². The Morgan fingerprint density at radius 2 is 2.21 bits per heavy atom. The third kappa shape index (κ3) is 1.69. The van der Waals surface area contributed by atoms with Gasteiger partial charge in [0, 0.05) is 10.7 Å². The van der Waals surface area contributed by atoms with Crippen LogP contribution in [0.3, 0.4) is 0 Å². The molecule has 0 radical (unpaired) electrons. The van der Waals surface area contributed by atoms with Gasteiger partial charge in [-0.2, -0.15) is 0 Å². The lowest BCUT2D eigenvalue weighted by Gasteiger charge is -1.97. The lowest BCUT2D eigenvalue weighted by molar-refractivity contribution is 0.248. The molecule has 2 aromatic heterocycles. The molecule has 4 nitrogen and oxygen atoms in total. The molecule has 72 valence electrons. The molecule has 0 unspecified atom stereocenters. The average Bonchev–Trinajstić information content (AvgIpc) is 2.67. The summed E-state index contributed by atoms with van der Waals surface area (Å²) in [6, 6.07) is 3.67. The Hall–Kier alpha value is -1.20. The van der Waals surface area contributed by atoms with Crippen LogP contribution >= 0.6 is 15.9 Å². The molecule has 0 spiro atoms. The minimum atomic E-state index is -0.174. The Labute approximate surface area is 88.7 Å². The maximum absolute atomic E-state index is 8.95. The van der Waals surface area contributed by atoms with E-state index in [9.17, 15) is 0 Å². The summed E-state index contributed by atoms with van der Waals surface area (Å²) in [6.45, 7) is -0.174. The first-order valence-corrected chi connectivity index (χ1v) is 4.75. The molecule has 0 saturated carbocycles. The fraction of sp³-hybridized carbons (Fsp3) is 0.111. The second-order valence-electron chi connectivity index (χ2n) is 2.64. The van der Waals surface area contributed by atoms with Gasteiger partial charge in [0.05, 0.1) is 5.69 Å². The van der Waals surface area contributed by atoms with Crippen LogP contribution in [0.4, 0.5) is 0 Å². The SMILES string of the molecule is OCc1ocnc1-c1ccc(Br)cn1. The topological polar surface area (TPSA) is 59.2 Å². The lowest BCUT2D eigenvalue weighted by Crippen LogP contribution is -1.88. The van der Waals surface area contributed by atoms with Crippen LogP contribution in [0.15, 0.2) is 33.6 Å². The van der Waals surface area contributed by atoms with Crippen LogP contribution < -0.4 is 0 Å². The molecule has 14 heavy (non-hydrogen) atoms. The Kier molecular flexibility index (Phi) is 2.60. The van der Waals surface area contributed by atoms with Gasteiger partial charge < -0.3 is 9.52 Å². The minimum Gasteiger partial charge on any atom is -0.445 e. The predicted octanol–water partition coefficient (Wildman–Crippen LogP) is 1.99. The summed E-state index contributed by atoms with van der Waals surface area (Å²) < 4.78 is 5.88. The summed E-state index contributed by atoms with van der Waals surface area (Å²) in [4.78, 5) is 8.13. The van der Waals surface area contributed by atoms with Gasteiger partial charge >= 0.3 is 0 Å². The zero-order valence-electron chi connectivity index (χ0n) is 7.14. The summed E-state index contributed by atoms with van der Waals surface area (Å²) >= 11 is 3.29. The van der Waals surface area contributed by atoms with E-state index in [2.05, 4.69) is 25.9 Å². The summed E-state index contributed by atoms with van der Waals surface area (Å²) in [5.74, 6) is 0.430. The Balaban J connectivity index is 2.44. The summed E-state index contributed by atoms with van der Waals surface area (Å²) in [5.41, 5.74) is 1.27. The zero-order valence-corrected chi connectivity index (χ0v) is 8.73. The normalized spacial score (nSPS) is 10.4. The van der Waals surface area contributed by atoms with Crippen LogP contribution in [0.1, 0.15) is 5.76 Å². The number of halogens is 1. The van der Waals surface area contributed by atoms with E-state index < -0.39 is 0 Å². The highest BCUT2D eigenvalue weighted by molar-refractivity contribution is 9.10. The van der Waals surface area contributed by atoms with Crippen LogP contribution in [0.5, 0.6) is 0 Å². The molecule has 2 aromatic rings. The maximum atomic E-state index is 8.95. The van der Waals surface area contributed by atoms with Gasteiger partial charge in [0.15, 0.2) is 12.2 Å². The standard InChI is InChI=1S/C9H7BrN2O2/c10-6-1-2-7(11-3-6)9-8(4-13)14-5-12-9/h1-3,5,13H,4H2. The smallest absolute Gasteiger partial charge is 0.181 e. The number of aliphatic hydroxyl groups excluding tert-OH is 1. The Morgan fingerprint density at radius 1 is 1.36 bits per heavy atom. The zero-order chi connectivity index (χ0) is 9.97. The van der Waals surface area contributed by atoms with Gasteiger partial charge in [0.2, 0.25) is 0 Å². The molecule has 0 saturated heterocycles. The van der Waals surface area contributed by atoms with Crippen LogP contribution in [-0.2, 0) is 6.61 Å². The molecule has 1 N–H and O–H groups in total. The summed E-state index contributed by atoms with van der Waals surface area (Å²) in [7, 11) is 0.